The number of urea groups is 1. The van der Waals surface area contributed by atoms with Crippen LogP contribution in [0.2, 0.25) is 0 Å². The molecule has 3 heterocycles. The van der Waals surface area contributed by atoms with E-state index in [9.17, 15) is 27.6 Å². The van der Waals surface area contributed by atoms with E-state index in [2.05, 4.69) is 19.9 Å². The monoisotopic (exact) mass is 562 g/mol. The lowest BCUT2D eigenvalue weighted by atomic mass is 10.0. The first kappa shape index (κ1) is 29.3. The van der Waals surface area contributed by atoms with Crippen molar-refractivity contribution < 1.29 is 32.3 Å². The number of hydrogen-bond donors (Lipinski definition) is 1. The summed E-state index contributed by atoms with van der Waals surface area (Å²) in [5, 5.41) is 2.52. The maximum absolute atomic E-state index is 13.5. The fraction of sp³-hybridized carbons (Fsp3) is 0.481. The molecule has 1 N–H and O–H groups in total. The maximum Gasteiger partial charge on any atom is 0.573 e. The third-order valence-electron chi connectivity index (χ3n) is 7.55. The van der Waals surface area contributed by atoms with Crippen LogP contribution in [-0.2, 0) is 16.1 Å². The Morgan fingerprint density at radius 1 is 1.23 bits per heavy atom. The van der Waals surface area contributed by atoms with Crippen molar-refractivity contribution in [3.63, 3.8) is 0 Å². The van der Waals surface area contributed by atoms with Crippen molar-refractivity contribution in [1.82, 2.24) is 19.7 Å². The molecule has 0 spiro atoms. The number of nitrogens with one attached hydrogen (secondary N) is 1. The van der Waals surface area contributed by atoms with E-state index in [1.54, 1.807) is 52.3 Å². The van der Waals surface area contributed by atoms with Crippen LogP contribution >= 0.6 is 0 Å². The molecular formula is C27H33F3N6O4. The molecule has 2 fully saturated rings. The molecule has 4 amide bonds. The van der Waals surface area contributed by atoms with E-state index in [-0.39, 0.29) is 24.0 Å². The third kappa shape index (κ3) is 6.04. The number of alkyl halides is 3. The second kappa shape index (κ2) is 11.0. The molecule has 2 saturated heterocycles. The Morgan fingerprint density at radius 3 is 2.50 bits per heavy atom. The van der Waals surface area contributed by atoms with Gasteiger partial charge in [-0.1, -0.05) is 0 Å². The highest BCUT2D eigenvalue weighted by Gasteiger charge is 2.52. The fourth-order valence-corrected chi connectivity index (χ4v) is 4.95. The molecular weight excluding hydrogens is 529 g/mol. The Kier molecular flexibility index (Phi) is 8.08. The second-order valence-electron chi connectivity index (χ2n) is 10.7. The number of likely N-dealkylation sites (tertiary alicyclic amines) is 1. The molecule has 4 rings (SSSR count). The smallest absolute Gasteiger partial charge is 0.404 e. The highest BCUT2D eigenvalue weighted by molar-refractivity contribution is 6.23. The van der Waals surface area contributed by atoms with Crippen molar-refractivity contribution in [3.05, 3.63) is 48.3 Å². The number of ether oxygens (including phenoxy) is 1. The molecule has 40 heavy (non-hydrogen) atoms. The minimum Gasteiger partial charge on any atom is -0.404 e. The number of aromatic nitrogens is 1. The van der Waals surface area contributed by atoms with E-state index in [4.69, 9.17) is 0 Å². The molecule has 2 aromatic rings. The number of hydrogen-bond acceptors (Lipinski definition) is 7. The van der Waals surface area contributed by atoms with Gasteiger partial charge in [0.25, 0.3) is 5.91 Å². The summed E-state index contributed by atoms with van der Waals surface area (Å²) in [7, 11) is 3.77. The van der Waals surface area contributed by atoms with E-state index in [0.717, 1.165) is 42.1 Å². The Labute approximate surface area is 230 Å². The van der Waals surface area contributed by atoms with Gasteiger partial charge in [0.15, 0.2) is 5.75 Å². The van der Waals surface area contributed by atoms with Crippen LogP contribution in [0.4, 0.5) is 29.3 Å². The molecule has 0 radical (unpaired) electrons. The first-order valence-corrected chi connectivity index (χ1v) is 12.8. The van der Waals surface area contributed by atoms with E-state index < -0.39 is 41.5 Å². The predicted molar refractivity (Wildman–Crippen MR) is 142 cm³/mol. The van der Waals surface area contributed by atoms with Crippen molar-refractivity contribution in [2.45, 2.75) is 57.7 Å². The van der Waals surface area contributed by atoms with E-state index in [1.807, 2.05) is 11.9 Å². The topological polar surface area (TPSA) is 98.3 Å². The highest BCUT2D eigenvalue weighted by atomic mass is 19.4. The number of benzene rings is 1. The van der Waals surface area contributed by atoms with Gasteiger partial charge in [-0.3, -0.25) is 19.5 Å². The van der Waals surface area contributed by atoms with Crippen molar-refractivity contribution in [2.24, 2.45) is 0 Å². The zero-order valence-corrected chi connectivity index (χ0v) is 23.0. The van der Waals surface area contributed by atoms with Crippen molar-refractivity contribution in [3.8, 4) is 5.75 Å². The number of imide groups is 1. The number of likely N-dealkylation sites (N-methyl/N-ethyl adjacent to an activating group) is 2. The Bertz CT molecular complexity index is 1270. The van der Waals surface area contributed by atoms with Gasteiger partial charge in [-0.05, 0) is 83.7 Å². The summed E-state index contributed by atoms with van der Waals surface area (Å²) in [5.74, 6) is -1.78. The van der Waals surface area contributed by atoms with Crippen molar-refractivity contribution in [2.75, 3.05) is 37.4 Å². The first-order valence-electron chi connectivity index (χ1n) is 12.8. The van der Waals surface area contributed by atoms with Crippen LogP contribution in [0.5, 0.6) is 5.75 Å². The average molecular weight is 563 g/mol. The summed E-state index contributed by atoms with van der Waals surface area (Å²) in [5.41, 5.74) is -0.797. The minimum absolute atomic E-state index is 0.00329. The largest absolute Gasteiger partial charge is 0.573 e. The van der Waals surface area contributed by atoms with Crippen LogP contribution in [0.3, 0.4) is 0 Å². The maximum atomic E-state index is 13.5. The Morgan fingerprint density at radius 2 is 1.90 bits per heavy atom. The second-order valence-corrected chi connectivity index (χ2v) is 10.7. The van der Waals surface area contributed by atoms with Crippen LogP contribution in [-0.4, -0.2) is 88.7 Å². The number of pyridine rings is 1. The number of halogens is 3. The third-order valence-corrected chi connectivity index (χ3v) is 7.55. The van der Waals surface area contributed by atoms with Gasteiger partial charge in [0.1, 0.15) is 5.54 Å². The molecule has 0 aliphatic carbocycles. The lowest BCUT2D eigenvalue weighted by molar-refractivity contribution is -0.274. The minimum atomic E-state index is -5.03. The Hall–Kier alpha value is -3.71. The molecule has 2 aliphatic rings. The molecule has 2 aliphatic heterocycles. The molecule has 216 valence electrons. The summed E-state index contributed by atoms with van der Waals surface area (Å²) in [4.78, 5) is 50.3. The van der Waals surface area contributed by atoms with Gasteiger partial charge in [-0.25, -0.2) is 9.69 Å². The molecule has 2 unspecified atom stereocenters. The molecule has 1 aromatic carbocycles. The van der Waals surface area contributed by atoms with Crippen LogP contribution < -0.4 is 15.0 Å². The molecule has 2 atom stereocenters. The zero-order valence-electron chi connectivity index (χ0n) is 23.0. The summed E-state index contributed by atoms with van der Waals surface area (Å²) in [6.45, 7) is 6.61. The van der Waals surface area contributed by atoms with Gasteiger partial charge in [0.2, 0.25) is 5.91 Å². The van der Waals surface area contributed by atoms with Crippen molar-refractivity contribution >= 4 is 29.2 Å². The van der Waals surface area contributed by atoms with Crippen LogP contribution in [0, 0.1) is 0 Å². The number of anilines is 2. The van der Waals surface area contributed by atoms with Crippen LogP contribution in [0.25, 0.3) is 0 Å². The van der Waals surface area contributed by atoms with E-state index in [0.29, 0.717) is 0 Å². The van der Waals surface area contributed by atoms with Gasteiger partial charge < -0.3 is 19.9 Å². The fourth-order valence-electron chi connectivity index (χ4n) is 4.95. The number of carbonyl (C=O) groups excluding carboxylic acids is 3. The van der Waals surface area contributed by atoms with E-state index in [1.165, 1.54) is 11.0 Å². The number of nitrogens with zero attached hydrogens (tertiary/aromatic N) is 5. The molecule has 13 heteroatoms. The summed E-state index contributed by atoms with van der Waals surface area (Å²) in [6, 6.07) is 5.54. The molecule has 0 bridgehead atoms. The lowest BCUT2D eigenvalue weighted by Crippen LogP contribution is -2.46. The lowest BCUT2D eigenvalue weighted by Gasteiger charge is -2.30. The SMILES string of the molecule is CC(C(=O)Nc1cc(N2C(=O)N(Cc3ccncc3)C(C)(C)C2=O)ccc1OC(F)(F)F)N(C)C1CCN(C)C1. The van der Waals surface area contributed by atoms with Crippen LogP contribution in [0.15, 0.2) is 42.7 Å². The predicted octanol–water partition coefficient (Wildman–Crippen LogP) is 3.69. The highest BCUT2D eigenvalue weighted by Crippen LogP contribution is 2.38. The van der Waals surface area contributed by atoms with E-state index >= 15 is 0 Å². The zero-order chi connectivity index (χ0) is 29.4. The van der Waals surface area contributed by atoms with Gasteiger partial charge in [-0.15, -0.1) is 13.2 Å². The van der Waals surface area contributed by atoms with Crippen molar-refractivity contribution in [1.29, 1.82) is 0 Å². The number of rotatable bonds is 8. The van der Waals surface area contributed by atoms with Crippen LogP contribution in [0.1, 0.15) is 32.8 Å². The summed E-state index contributed by atoms with van der Waals surface area (Å²) in [6.07, 6.45) is -1.03. The average Bonchev–Trinajstić information content (AvgIpc) is 3.39. The normalized spacial score (nSPS) is 20.4. The number of amides is 4. The number of carbonyl (C=O) groups is 3. The first-order chi connectivity index (χ1) is 18.7. The van der Waals surface area contributed by atoms with Gasteiger partial charge in [-0.2, -0.15) is 0 Å². The molecule has 0 saturated carbocycles. The molecule has 10 nitrogen and oxygen atoms in total. The summed E-state index contributed by atoms with van der Waals surface area (Å²) >= 11 is 0. The van der Waals surface area contributed by atoms with Gasteiger partial charge in [0.05, 0.1) is 17.4 Å². The molecule has 1 aromatic heterocycles. The summed E-state index contributed by atoms with van der Waals surface area (Å²) < 4.78 is 43.7. The van der Waals surface area contributed by atoms with Gasteiger partial charge in [0, 0.05) is 31.5 Å². The van der Waals surface area contributed by atoms with Gasteiger partial charge >= 0.3 is 12.4 Å². The quantitative estimate of drug-likeness (QED) is 0.490. The Balaban J connectivity index is 1.62. The standard InChI is InChI=1S/C27H33F3N6O4/c1-17(34(5)20-10-13-33(4)16-20)23(37)32-21-14-19(6-7-22(21)40-27(28,29)30)36-24(38)26(2,3)35(25(36)39)15-18-8-11-31-12-9-18/h6-9,11-12,14,17,20H,10,13,15-16H2,1-5H3,(H,32,37).